The van der Waals surface area contributed by atoms with Gasteiger partial charge in [0, 0.05) is 0 Å². The fourth-order valence-corrected chi connectivity index (χ4v) is 1.32. The fraction of sp³-hybridized carbons (Fsp3) is 0.200. The molecule has 14 heavy (non-hydrogen) atoms. The first kappa shape index (κ1) is 8.74. The maximum Gasteiger partial charge on any atom is 0.348 e. The average Bonchev–Trinajstić information content (AvgIpc) is 2.18. The molecule has 72 valence electrons. The molecule has 0 aliphatic carbocycles. The van der Waals surface area contributed by atoms with Crippen LogP contribution in [-0.4, -0.2) is 16.6 Å². The Hall–Kier alpha value is -1.84. The van der Waals surface area contributed by atoms with Crippen molar-refractivity contribution in [2.45, 2.75) is 6.92 Å². The largest absolute Gasteiger partial charge is 0.477 e. The number of benzene rings is 1. The van der Waals surface area contributed by atoms with Gasteiger partial charge < -0.3 is 9.72 Å². The van der Waals surface area contributed by atoms with Gasteiger partial charge in [-0.3, -0.25) is 0 Å². The summed E-state index contributed by atoms with van der Waals surface area (Å²) < 4.78 is 5.27. The van der Waals surface area contributed by atoms with Crippen LogP contribution in [0.25, 0.3) is 10.9 Å². The highest BCUT2D eigenvalue weighted by molar-refractivity contribution is 5.82. The van der Waals surface area contributed by atoms with Crippen molar-refractivity contribution in [2.24, 2.45) is 0 Å². The van der Waals surface area contributed by atoms with Crippen LogP contribution >= 0.6 is 0 Å². The molecule has 1 N–H and O–H groups in total. The Morgan fingerprint density at radius 3 is 3.00 bits per heavy atom. The summed E-state index contributed by atoms with van der Waals surface area (Å²) in [5.41, 5.74) is 0.364. The van der Waals surface area contributed by atoms with Crippen LogP contribution in [0.15, 0.2) is 29.1 Å². The van der Waals surface area contributed by atoms with Gasteiger partial charge >= 0.3 is 5.69 Å². The molecule has 0 saturated heterocycles. The van der Waals surface area contributed by atoms with Gasteiger partial charge in [-0.25, -0.2) is 4.79 Å². The van der Waals surface area contributed by atoms with Crippen LogP contribution in [0.5, 0.6) is 5.88 Å². The molecule has 4 nitrogen and oxygen atoms in total. The molecule has 2 rings (SSSR count). The second kappa shape index (κ2) is 3.49. The van der Waals surface area contributed by atoms with Crippen molar-refractivity contribution in [3.05, 3.63) is 34.7 Å². The number of nitrogens with one attached hydrogen (secondary N) is 1. The van der Waals surface area contributed by atoms with E-state index in [2.05, 4.69) is 9.97 Å². The number of H-pyrrole nitrogens is 1. The summed E-state index contributed by atoms with van der Waals surface area (Å²) in [4.78, 5) is 17.5. The molecule has 0 fully saturated rings. The lowest BCUT2D eigenvalue weighted by Gasteiger charge is -2.04. The fourth-order valence-electron chi connectivity index (χ4n) is 1.32. The molecule has 2 aromatic rings. The van der Waals surface area contributed by atoms with E-state index in [-0.39, 0.29) is 5.69 Å². The zero-order chi connectivity index (χ0) is 9.97. The van der Waals surface area contributed by atoms with Gasteiger partial charge in [0.25, 0.3) is 0 Å². The van der Waals surface area contributed by atoms with Gasteiger partial charge in [0.05, 0.1) is 17.5 Å². The first-order chi connectivity index (χ1) is 6.81. The van der Waals surface area contributed by atoms with Gasteiger partial charge in [0.1, 0.15) is 0 Å². The third-order valence-corrected chi connectivity index (χ3v) is 1.88. The summed E-state index contributed by atoms with van der Waals surface area (Å²) in [5, 5.41) is 0.828. The first-order valence-corrected chi connectivity index (χ1v) is 4.43. The molecular formula is C10H10N2O2. The summed E-state index contributed by atoms with van der Waals surface area (Å²) >= 11 is 0. The summed E-state index contributed by atoms with van der Waals surface area (Å²) in [6, 6.07) is 7.42. The van der Waals surface area contributed by atoms with E-state index in [1.807, 2.05) is 31.2 Å². The first-order valence-electron chi connectivity index (χ1n) is 4.43. The highest BCUT2D eigenvalue weighted by Crippen LogP contribution is 2.18. The average molecular weight is 190 g/mol. The maximum atomic E-state index is 11.1. The van der Waals surface area contributed by atoms with Crippen molar-refractivity contribution in [2.75, 3.05) is 6.61 Å². The summed E-state index contributed by atoms with van der Waals surface area (Å²) in [6.07, 6.45) is 0. The van der Waals surface area contributed by atoms with Gasteiger partial charge in [0.2, 0.25) is 5.88 Å². The van der Waals surface area contributed by atoms with Gasteiger partial charge in [-0.15, -0.1) is 0 Å². The standard InChI is InChI=1S/C10H10N2O2/c1-2-14-9-7-5-3-4-6-8(7)11-10(13)12-9/h3-6H,2H2,1H3,(H,11,12,13). The smallest absolute Gasteiger partial charge is 0.348 e. The minimum absolute atomic E-state index is 0.382. The number of para-hydroxylation sites is 1. The maximum absolute atomic E-state index is 11.1. The summed E-state index contributed by atoms with van der Waals surface area (Å²) in [5.74, 6) is 0.395. The molecule has 0 spiro atoms. The Balaban J connectivity index is 2.73. The van der Waals surface area contributed by atoms with Gasteiger partial charge in [0.15, 0.2) is 0 Å². The lowest BCUT2D eigenvalue weighted by atomic mass is 10.2. The van der Waals surface area contributed by atoms with Gasteiger partial charge in [-0.1, -0.05) is 12.1 Å². The van der Waals surface area contributed by atoms with Crippen molar-refractivity contribution >= 4 is 10.9 Å². The molecule has 0 amide bonds. The zero-order valence-electron chi connectivity index (χ0n) is 7.78. The molecule has 1 aromatic heterocycles. The SMILES string of the molecule is CCOc1nc(=O)[nH]c2ccccc12. The second-order valence-corrected chi connectivity index (χ2v) is 2.83. The molecule has 0 radical (unpaired) electrons. The van der Waals surface area contributed by atoms with E-state index >= 15 is 0 Å². The topological polar surface area (TPSA) is 55.0 Å². The van der Waals surface area contributed by atoms with E-state index in [1.54, 1.807) is 0 Å². The number of rotatable bonds is 2. The molecule has 1 aromatic carbocycles. The number of hydrogen-bond acceptors (Lipinski definition) is 3. The number of nitrogens with zero attached hydrogens (tertiary/aromatic N) is 1. The highest BCUT2D eigenvalue weighted by atomic mass is 16.5. The summed E-state index contributed by atoms with van der Waals surface area (Å²) in [7, 11) is 0. The van der Waals surface area contributed by atoms with Crippen LogP contribution in [0.1, 0.15) is 6.92 Å². The molecule has 0 aliphatic rings. The van der Waals surface area contributed by atoms with E-state index < -0.39 is 0 Å². The molecule has 1 heterocycles. The summed E-state index contributed by atoms with van der Waals surface area (Å²) in [6.45, 7) is 2.36. The Labute approximate surface area is 80.6 Å². The Morgan fingerprint density at radius 1 is 1.43 bits per heavy atom. The minimum atomic E-state index is -0.382. The van der Waals surface area contributed by atoms with E-state index in [1.165, 1.54) is 0 Å². The van der Waals surface area contributed by atoms with Gasteiger partial charge in [-0.05, 0) is 19.1 Å². The lowest BCUT2D eigenvalue weighted by molar-refractivity contribution is 0.330. The van der Waals surface area contributed by atoms with E-state index in [0.717, 1.165) is 10.9 Å². The van der Waals surface area contributed by atoms with Crippen LogP contribution in [0, 0.1) is 0 Å². The van der Waals surface area contributed by atoms with E-state index in [4.69, 9.17) is 4.74 Å². The molecule has 0 saturated carbocycles. The normalized spacial score (nSPS) is 10.4. The van der Waals surface area contributed by atoms with E-state index in [0.29, 0.717) is 12.5 Å². The predicted octanol–water partition coefficient (Wildman–Crippen LogP) is 1.32. The van der Waals surface area contributed by atoms with Crippen molar-refractivity contribution in [3.63, 3.8) is 0 Å². The molecular weight excluding hydrogens is 180 g/mol. The van der Waals surface area contributed by atoms with Crippen LogP contribution in [-0.2, 0) is 0 Å². The number of fused-ring (bicyclic) bond motifs is 1. The third kappa shape index (κ3) is 1.46. The molecule has 0 atom stereocenters. The molecule has 4 heteroatoms. The van der Waals surface area contributed by atoms with Crippen molar-refractivity contribution in [1.82, 2.24) is 9.97 Å². The Kier molecular flexibility index (Phi) is 2.18. The number of hydrogen-bond donors (Lipinski definition) is 1. The van der Waals surface area contributed by atoms with Crippen molar-refractivity contribution in [1.29, 1.82) is 0 Å². The second-order valence-electron chi connectivity index (χ2n) is 2.83. The van der Waals surface area contributed by atoms with Crippen LogP contribution in [0.2, 0.25) is 0 Å². The number of aromatic amines is 1. The lowest BCUT2D eigenvalue weighted by Crippen LogP contribution is -2.12. The molecule has 0 aliphatic heterocycles. The Morgan fingerprint density at radius 2 is 2.21 bits per heavy atom. The van der Waals surface area contributed by atoms with Gasteiger partial charge in [-0.2, -0.15) is 4.98 Å². The highest BCUT2D eigenvalue weighted by Gasteiger charge is 2.03. The van der Waals surface area contributed by atoms with Crippen LogP contribution in [0.4, 0.5) is 0 Å². The van der Waals surface area contributed by atoms with Crippen molar-refractivity contribution in [3.8, 4) is 5.88 Å². The van der Waals surface area contributed by atoms with E-state index in [9.17, 15) is 4.79 Å². The number of ether oxygens (including phenoxy) is 1. The van der Waals surface area contributed by atoms with Crippen LogP contribution in [0.3, 0.4) is 0 Å². The monoisotopic (exact) mass is 190 g/mol. The van der Waals surface area contributed by atoms with Crippen LogP contribution < -0.4 is 10.4 Å². The Bertz CT molecular complexity index is 505. The number of aromatic nitrogens is 2. The molecule has 0 unspecified atom stereocenters. The quantitative estimate of drug-likeness (QED) is 0.777. The third-order valence-electron chi connectivity index (χ3n) is 1.88. The predicted molar refractivity (Wildman–Crippen MR) is 53.5 cm³/mol. The van der Waals surface area contributed by atoms with Crippen molar-refractivity contribution < 1.29 is 4.74 Å². The minimum Gasteiger partial charge on any atom is -0.477 e. The molecule has 0 bridgehead atoms. The zero-order valence-corrected chi connectivity index (χ0v) is 7.78.